The minimum absolute atomic E-state index is 0.104. The van der Waals surface area contributed by atoms with E-state index >= 15 is 0 Å². The van der Waals surface area contributed by atoms with Crippen molar-refractivity contribution in [2.75, 3.05) is 0 Å². The lowest BCUT2D eigenvalue weighted by molar-refractivity contribution is 0.0977. The first-order chi connectivity index (χ1) is 11.3. The molecule has 0 unspecified atom stereocenters. The van der Waals surface area contributed by atoms with Gasteiger partial charge in [0.05, 0.1) is 12.2 Å². The van der Waals surface area contributed by atoms with E-state index in [1.807, 2.05) is 42.5 Å². The van der Waals surface area contributed by atoms with Crippen LogP contribution in [-0.2, 0) is 0 Å². The third-order valence-corrected chi connectivity index (χ3v) is 3.80. The highest BCUT2D eigenvalue weighted by molar-refractivity contribution is 5.96. The molecule has 0 aliphatic rings. The standard InChI is InChI=1S/C21H24O2/c1-2-3-4-5-6-8-14-19(21-15-11-16-23-21)17-20(22)18-12-9-7-10-13-18/h7,9-13,15-16,19H,2-6,17H2,1H3/t19-/m0/s1. The zero-order valence-corrected chi connectivity index (χ0v) is 13.8. The number of furan rings is 1. The van der Waals surface area contributed by atoms with Gasteiger partial charge in [-0.05, 0) is 18.6 Å². The van der Waals surface area contributed by atoms with Crippen LogP contribution in [-0.4, -0.2) is 5.78 Å². The lowest BCUT2D eigenvalue weighted by atomic mass is 9.96. The number of rotatable bonds is 8. The van der Waals surface area contributed by atoms with Crippen molar-refractivity contribution in [1.29, 1.82) is 0 Å². The molecule has 1 aromatic heterocycles. The smallest absolute Gasteiger partial charge is 0.164 e. The van der Waals surface area contributed by atoms with Crippen molar-refractivity contribution in [2.45, 2.75) is 51.4 Å². The van der Waals surface area contributed by atoms with Crippen LogP contribution in [0.4, 0.5) is 0 Å². The van der Waals surface area contributed by atoms with E-state index in [1.165, 1.54) is 19.3 Å². The number of benzene rings is 1. The quantitative estimate of drug-likeness (QED) is 0.360. The van der Waals surface area contributed by atoms with Crippen LogP contribution in [0.15, 0.2) is 53.1 Å². The predicted octanol–water partition coefficient (Wildman–Crippen LogP) is 5.61. The number of unbranched alkanes of at least 4 members (excludes halogenated alkanes) is 4. The monoisotopic (exact) mass is 308 g/mol. The highest BCUT2D eigenvalue weighted by atomic mass is 16.3. The summed E-state index contributed by atoms with van der Waals surface area (Å²) in [6.45, 7) is 2.20. The fraction of sp³-hybridized carbons (Fsp3) is 0.381. The Morgan fingerprint density at radius 3 is 2.61 bits per heavy atom. The number of hydrogen-bond acceptors (Lipinski definition) is 2. The van der Waals surface area contributed by atoms with Gasteiger partial charge in [-0.15, -0.1) is 5.92 Å². The summed E-state index contributed by atoms with van der Waals surface area (Å²) in [4.78, 5) is 12.4. The second-order valence-corrected chi connectivity index (χ2v) is 5.69. The van der Waals surface area contributed by atoms with E-state index in [0.29, 0.717) is 6.42 Å². The van der Waals surface area contributed by atoms with E-state index in [9.17, 15) is 4.79 Å². The van der Waals surface area contributed by atoms with Crippen molar-refractivity contribution in [3.05, 3.63) is 60.1 Å². The minimum atomic E-state index is -0.163. The van der Waals surface area contributed by atoms with Gasteiger partial charge in [0, 0.05) is 18.4 Å². The first-order valence-corrected chi connectivity index (χ1v) is 8.41. The van der Waals surface area contributed by atoms with Gasteiger partial charge in [0.2, 0.25) is 0 Å². The average Bonchev–Trinajstić information content (AvgIpc) is 3.12. The van der Waals surface area contributed by atoms with Gasteiger partial charge in [-0.2, -0.15) is 0 Å². The topological polar surface area (TPSA) is 30.2 Å². The van der Waals surface area contributed by atoms with E-state index in [1.54, 1.807) is 6.26 Å². The van der Waals surface area contributed by atoms with Gasteiger partial charge in [0.1, 0.15) is 5.76 Å². The van der Waals surface area contributed by atoms with Gasteiger partial charge in [-0.1, -0.05) is 62.4 Å². The summed E-state index contributed by atoms with van der Waals surface area (Å²) < 4.78 is 5.47. The van der Waals surface area contributed by atoms with Gasteiger partial charge >= 0.3 is 0 Å². The highest BCUT2D eigenvalue weighted by Gasteiger charge is 2.17. The maximum Gasteiger partial charge on any atom is 0.164 e. The summed E-state index contributed by atoms with van der Waals surface area (Å²) >= 11 is 0. The largest absolute Gasteiger partial charge is 0.468 e. The summed E-state index contributed by atoms with van der Waals surface area (Å²) in [5.41, 5.74) is 0.730. The van der Waals surface area contributed by atoms with E-state index < -0.39 is 0 Å². The Labute approximate surface area is 138 Å². The van der Waals surface area contributed by atoms with Crippen LogP contribution in [0.1, 0.15) is 67.5 Å². The number of hydrogen-bond donors (Lipinski definition) is 0. The molecule has 0 amide bonds. The molecular formula is C21H24O2. The Hall–Kier alpha value is -2.27. The van der Waals surface area contributed by atoms with Crippen LogP contribution in [0.2, 0.25) is 0 Å². The van der Waals surface area contributed by atoms with Gasteiger partial charge in [0.15, 0.2) is 5.78 Å². The average molecular weight is 308 g/mol. The Kier molecular flexibility index (Phi) is 7.20. The van der Waals surface area contributed by atoms with Gasteiger partial charge in [-0.25, -0.2) is 0 Å². The molecule has 0 aliphatic heterocycles. The first-order valence-electron chi connectivity index (χ1n) is 8.41. The maximum absolute atomic E-state index is 12.4. The fourth-order valence-corrected chi connectivity index (χ4v) is 2.48. The molecule has 0 N–H and O–H groups in total. The molecule has 0 aliphatic carbocycles. The molecule has 23 heavy (non-hydrogen) atoms. The Morgan fingerprint density at radius 2 is 1.91 bits per heavy atom. The zero-order chi connectivity index (χ0) is 16.3. The molecule has 0 saturated carbocycles. The third-order valence-electron chi connectivity index (χ3n) is 3.80. The highest BCUT2D eigenvalue weighted by Crippen LogP contribution is 2.22. The third kappa shape index (κ3) is 5.79. The van der Waals surface area contributed by atoms with Crippen molar-refractivity contribution in [2.24, 2.45) is 0 Å². The summed E-state index contributed by atoms with van der Waals surface area (Å²) in [6, 6.07) is 13.1. The van der Waals surface area contributed by atoms with Crippen molar-refractivity contribution in [3.63, 3.8) is 0 Å². The van der Waals surface area contributed by atoms with Crippen molar-refractivity contribution >= 4 is 5.78 Å². The SMILES string of the molecule is CCCCCCC#C[C@@H](CC(=O)c1ccccc1)c1ccco1. The molecule has 2 heteroatoms. The summed E-state index contributed by atoms with van der Waals surface area (Å²) in [6.07, 6.45) is 7.72. The molecule has 2 rings (SSSR count). The van der Waals surface area contributed by atoms with E-state index in [0.717, 1.165) is 24.2 Å². The maximum atomic E-state index is 12.4. The second-order valence-electron chi connectivity index (χ2n) is 5.69. The minimum Gasteiger partial charge on any atom is -0.468 e. The number of carbonyl (C=O) groups is 1. The Morgan fingerprint density at radius 1 is 1.09 bits per heavy atom. The molecule has 0 fully saturated rings. The van der Waals surface area contributed by atoms with Crippen LogP contribution in [0.5, 0.6) is 0 Å². The number of Topliss-reactive ketones (excluding diaryl/α,β-unsaturated/α-hetero) is 1. The number of ketones is 1. The van der Waals surface area contributed by atoms with Crippen LogP contribution < -0.4 is 0 Å². The lowest BCUT2D eigenvalue weighted by Gasteiger charge is -2.07. The van der Waals surface area contributed by atoms with E-state index in [4.69, 9.17) is 4.42 Å². The molecule has 120 valence electrons. The van der Waals surface area contributed by atoms with E-state index in [2.05, 4.69) is 18.8 Å². The van der Waals surface area contributed by atoms with Crippen molar-refractivity contribution in [1.82, 2.24) is 0 Å². The number of carbonyl (C=O) groups excluding carboxylic acids is 1. The van der Waals surface area contributed by atoms with Gasteiger partial charge in [0.25, 0.3) is 0 Å². The molecule has 0 bridgehead atoms. The normalized spacial score (nSPS) is 11.5. The molecule has 1 atom stereocenters. The molecule has 0 spiro atoms. The van der Waals surface area contributed by atoms with Crippen molar-refractivity contribution < 1.29 is 9.21 Å². The van der Waals surface area contributed by atoms with Crippen LogP contribution in [0.25, 0.3) is 0 Å². The van der Waals surface area contributed by atoms with Crippen LogP contribution in [0, 0.1) is 11.8 Å². The van der Waals surface area contributed by atoms with Crippen LogP contribution in [0.3, 0.4) is 0 Å². The molecule has 2 aromatic rings. The first kappa shape index (κ1) is 17.1. The zero-order valence-electron chi connectivity index (χ0n) is 13.8. The van der Waals surface area contributed by atoms with Crippen molar-refractivity contribution in [3.8, 4) is 11.8 Å². The summed E-state index contributed by atoms with van der Waals surface area (Å²) in [7, 11) is 0. The second kappa shape index (κ2) is 9.69. The Bertz CT molecular complexity index is 629. The Balaban J connectivity index is 1.98. The fourth-order valence-electron chi connectivity index (χ4n) is 2.48. The predicted molar refractivity (Wildman–Crippen MR) is 93.4 cm³/mol. The molecule has 1 heterocycles. The van der Waals surface area contributed by atoms with Gasteiger partial charge in [-0.3, -0.25) is 4.79 Å². The lowest BCUT2D eigenvalue weighted by Crippen LogP contribution is -2.05. The van der Waals surface area contributed by atoms with Crippen LogP contribution >= 0.6 is 0 Å². The molecule has 2 nitrogen and oxygen atoms in total. The van der Waals surface area contributed by atoms with E-state index in [-0.39, 0.29) is 11.7 Å². The summed E-state index contributed by atoms with van der Waals surface area (Å²) in [5, 5.41) is 0. The summed E-state index contributed by atoms with van der Waals surface area (Å²) in [5.74, 6) is 7.18. The molecule has 0 saturated heterocycles. The molecular weight excluding hydrogens is 284 g/mol. The molecule has 1 aromatic carbocycles. The molecule has 0 radical (unpaired) electrons. The van der Waals surface area contributed by atoms with Gasteiger partial charge < -0.3 is 4.42 Å².